The molecule has 2 heterocycles. The molecule has 6 heteroatoms. The Balaban J connectivity index is 2.18. The number of rotatable bonds is 2. The van der Waals surface area contributed by atoms with Crippen LogP contribution in [-0.4, -0.2) is 10.8 Å². The molecule has 0 aliphatic heterocycles. The van der Waals surface area contributed by atoms with E-state index in [1.807, 2.05) is 0 Å². The van der Waals surface area contributed by atoms with Gasteiger partial charge in [0.15, 0.2) is 11.0 Å². The summed E-state index contributed by atoms with van der Waals surface area (Å²) in [6.45, 7) is 0. The van der Waals surface area contributed by atoms with Crippen molar-refractivity contribution in [3.63, 3.8) is 0 Å². The van der Waals surface area contributed by atoms with Crippen LogP contribution >= 0.6 is 34.8 Å². The molecule has 0 aliphatic carbocycles. The summed E-state index contributed by atoms with van der Waals surface area (Å²) in [5, 5.41) is 1.69. The van der Waals surface area contributed by atoms with Crippen LogP contribution in [0.5, 0.6) is 0 Å². The average molecular weight is 315 g/mol. The molecular weight excluding hydrogens is 309 g/mol. The van der Waals surface area contributed by atoms with Crippen LogP contribution in [-0.2, 0) is 0 Å². The van der Waals surface area contributed by atoms with Crippen molar-refractivity contribution in [2.75, 3.05) is 0 Å². The summed E-state index contributed by atoms with van der Waals surface area (Å²) in [7, 11) is 0. The number of carbonyl (C=O) groups excluding carboxylic acids is 1. The van der Waals surface area contributed by atoms with E-state index in [2.05, 4.69) is 4.98 Å². The first kappa shape index (κ1) is 12.6. The van der Waals surface area contributed by atoms with E-state index in [1.54, 1.807) is 18.3 Å². The van der Waals surface area contributed by atoms with Crippen LogP contribution in [0.4, 0.5) is 0 Å². The minimum atomic E-state index is -0.289. The molecule has 2 aromatic heterocycles. The summed E-state index contributed by atoms with van der Waals surface area (Å²) < 4.78 is 5.11. The van der Waals surface area contributed by atoms with Gasteiger partial charge in [-0.15, -0.1) is 0 Å². The molecule has 1 N–H and O–H groups in total. The number of benzene rings is 1. The summed E-state index contributed by atoms with van der Waals surface area (Å²) in [6, 6.07) is 6.33. The normalized spacial score (nSPS) is 11.1. The molecular formula is C13H6Cl3NO2. The molecule has 96 valence electrons. The second kappa shape index (κ2) is 4.60. The van der Waals surface area contributed by atoms with Crippen LogP contribution in [0.15, 0.2) is 34.9 Å². The monoisotopic (exact) mass is 313 g/mol. The van der Waals surface area contributed by atoms with E-state index in [-0.39, 0.29) is 16.8 Å². The van der Waals surface area contributed by atoms with Crippen molar-refractivity contribution in [1.29, 1.82) is 0 Å². The quantitative estimate of drug-likeness (QED) is 0.680. The molecule has 0 spiro atoms. The number of carbonyl (C=O) groups is 1. The van der Waals surface area contributed by atoms with E-state index in [4.69, 9.17) is 39.2 Å². The smallest absolute Gasteiger partial charge is 0.230 e. The van der Waals surface area contributed by atoms with Crippen LogP contribution in [0.2, 0.25) is 15.3 Å². The molecule has 0 saturated carbocycles. The van der Waals surface area contributed by atoms with Gasteiger partial charge in [0.05, 0.1) is 10.6 Å². The van der Waals surface area contributed by atoms with Gasteiger partial charge in [-0.25, -0.2) is 0 Å². The average Bonchev–Trinajstić information content (AvgIpc) is 2.94. The van der Waals surface area contributed by atoms with Gasteiger partial charge in [-0.1, -0.05) is 23.2 Å². The van der Waals surface area contributed by atoms with E-state index < -0.39 is 0 Å². The number of halogens is 3. The van der Waals surface area contributed by atoms with Crippen LogP contribution < -0.4 is 0 Å². The molecule has 0 radical (unpaired) electrons. The van der Waals surface area contributed by atoms with Gasteiger partial charge in [0.25, 0.3) is 0 Å². The Bertz CT molecular complexity index is 788. The Labute approximate surface area is 123 Å². The first-order valence-corrected chi connectivity index (χ1v) is 6.46. The molecule has 1 aromatic carbocycles. The molecule has 3 nitrogen and oxygen atoms in total. The lowest BCUT2D eigenvalue weighted by molar-refractivity contribution is 0.101. The summed E-state index contributed by atoms with van der Waals surface area (Å²) in [6.07, 6.45) is 1.58. The summed E-state index contributed by atoms with van der Waals surface area (Å²) in [4.78, 5) is 15.3. The molecule has 0 aliphatic rings. The highest BCUT2D eigenvalue weighted by molar-refractivity contribution is 6.40. The second-order valence-corrected chi connectivity index (χ2v) is 5.16. The zero-order valence-electron chi connectivity index (χ0n) is 9.34. The second-order valence-electron chi connectivity index (χ2n) is 3.95. The van der Waals surface area contributed by atoms with E-state index >= 15 is 0 Å². The Hall–Kier alpha value is -1.42. The van der Waals surface area contributed by atoms with Gasteiger partial charge in [0.1, 0.15) is 0 Å². The zero-order chi connectivity index (χ0) is 13.6. The van der Waals surface area contributed by atoms with Crippen molar-refractivity contribution in [2.24, 2.45) is 0 Å². The highest BCUT2D eigenvalue weighted by atomic mass is 35.5. The van der Waals surface area contributed by atoms with Crippen LogP contribution in [0, 0.1) is 0 Å². The molecule has 3 aromatic rings. The lowest BCUT2D eigenvalue weighted by atomic mass is 10.1. The molecule has 0 atom stereocenters. The van der Waals surface area contributed by atoms with Crippen molar-refractivity contribution < 1.29 is 9.21 Å². The standard InChI is InChI=1S/C13H6Cl3NO2/c14-6-3-8(15)12-7(5-17-9(12)4-6)13(18)10-1-2-11(16)19-10/h1-5,17H. The SMILES string of the molecule is O=C(c1ccc(Cl)o1)c1c[nH]c2cc(Cl)cc(Cl)c12. The van der Waals surface area contributed by atoms with Gasteiger partial charge in [0, 0.05) is 22.1 Å². The molecule has 0 amide bonds. The van der Waals surface area contributed by atoms with E-state index in [0.717, 1.165) is 0 Å². The van der Waals surface area contributed by atoms with Crippen LogP contribution in [0.3, 0.4) is 0 Å². The van der Waals surface area contributed by atoms with Crippen molar-refractivity contribution in [3.05, 3.63) is 57.1 Å². The van der Waals surface area contributed by atoms with Crippen LogP contribution in [0.1, 0.15) is 16.1 Å². The third kappa shape index (κ3) is 2.14. The number of nitrogens with one attached hydrogen (secondary N) is 1. The Morgan fingerprint density at radius 1 is 1.16 bits per heavy atom. The maximum Gasteiger partial charge on any atom is 0.230 e. The lowest BCUT2D eigenvalue weighted by Gasteiger charge is -1.99. The van der Waals surface area contributed by atoms with Crippen molar-refractivity contribution in [1.82, 2.24) is 4.98 Å². The van der Waals surface area contributed by atoms with E-state index in [0.29, 0.717) is 26.5 Å². The van der Waals surface area contributed by atoms with Gasteiger partial charge < -0.3 is 9.40 Å². The molecule has 0 fully saturated rings. The molecule has 0 saturated heterocycles. The minimum Gasteiger partial charge on any atom is -0.441 e. The summed E-state index contributed by atoms with van der Waals surface area (Å²) >= 11 is 17.7. The summed E-state index contributed by atoms with van der Waals surface area (Å²) in [5.74, 6) is -0.126. The third-order valence-electron chi connectivity index (χ3n) is 2.74. The number of fused-ring (bicyclic) bond motifs is 1. The maximum absolute atomic E-state index is 12.3. The first-order valence-electron chi connectivity index (χ1n) is 5.32. The van der Waals surface area contributed by atoms with Gasteiger partial charge in [-0.2, -0.15) is 0 Å². The van der Waals surface area contributed by atoms with Crippen molar-refractivity contribution in [2.45, 2.75) is 0 Å². The lowest BCUT2D eigenvalue weighted by Crippen LogP contribution is -1.98. The van der Waals surface area contributed by atoms with E-state index in [9.17, 15) is 4.79 Å². The number of H-pyrrole nitrogens is 1. The number of ketones is 1. The predicted molar refractivity (Wildman–Crippen MR) is 75.5 cm³/mol. The number of hydrogen-bond acceptors (Lipinski definition) is 2. The van der Waals surface area contributed by atoms with Crippen molar-refractivity contribution >= 4 is 51.5 Å². The first-order chi connectivity index (χ1) is 9.06. The van der Waals surface area contributed by atoms with Crippen molar-refractivity contribution in [3.8, 4) is 0 Å². The van der Waals surface area contributed by atoms with E-state index in [1.165, 1.54) is 12.1 Å². The number of hydrogen-bond donors (Lipinski definition) is 1. The Morgan fingerprint density at radius 2 is 1.95 bits per heavy atom. The maximum atomic E-state index is 12.3. The predicted octanol–water partition coefficient (Wildman–Crippen LogP) is 4.95. The fraction of sp³-hybridized carbons (Fsp3) is 0. The zero-order valence-corrected chi connectivity index (χ0v) is 11.6. The number of furan rings is 1. The fourth-order valence-corrected chi connectivity index (χ4v) is 2.67. The molecule has 0 bridgehead atoms. The molecule has 3 rings (SSSR count). The number of aromatic nitrogens is 1. The fourth-order valence-electron chi connectivity index (χ4n) is 1.93. The molecule has 19 heavy (non-hydrogen) atoms. The topological polar surface area (TPSA) is 46.0 Å². The summed E-state index contributed by atoms with van der Waals surface area (Å²) in [5.41, 5.74) is 1.11. The molecule has 0 unspecified atom stereocenters. The Kier molecular flexibility index (Phi) is 3.05. The Morgan fingerprint density at radius 3 is 2.63 bits per heavy atom. The minimum absolute atomic E-state index is 0.164. The largest absolute Gasteiger partial charge is 0.441 e. The van der Waals surface area contributed by atoms with Gasteiger partial charge in [-0.05, 0) is 35.9 Å². The van der Waals surface area contributed by atoms with Gasteiger partial charge >= 0.3 is 0 Å². The van der Waals surface area contributed by atoms with Gasteiger partial charge in [-0.3, -0.25) is 4.79 Å². The highest BCUT2D eigenvalue weighted by Gasteiger charge is 2.19. The van der Waals surface area contributed by atoms with Crippen LogP contribution in [0.25, 0.3) is 10.9 Å². The highest BCUT2D eigenvalue weighted by Crippen LogP contribution is 2.31. The van der Waals surface area contributed by atoms with Gasteiger partial charge in [0.2, 0.25) is 5.78 Å². The number of aromatic amines is 1. The third-order valence-corrected chi connectivity index (χ3v) is 3.46.